The molecule has 0 fully saturated rings. The van der Waals surface area contributed by atoms with E-state index in [1.54, 1.807) is 0 Å². The summed E-state index contributed by atoms with van der Waals surface area (Å²) in [6, 6.07) is 5.87. The molecule has 2 aromatic rings. The Bertz CT molecular complexity index is 541. The predicted molar refractivity (Wildman–Crippen MR) is 74.1 cm³/mol. The van der Waals surface area contributed by atoms with Crippen LogP contribution in [0.2, 0.25) is 0 Å². The lowest BCUT2D eigenvalue weighted by Gasteiger charge is -2.04. The van der Waals surface area contributed by atoms with E-state index in [4.69, 9.17) is 10.3 Å². The Morgan fingerprint density at radius 1 is 1.50 bits per heavy atom. The lowest BCUT2D eigenvalue weighted by Crippen LogP contribution is -2.24. The zero-order valence-electron chi connectivity index (χ0n) is 10.3. The second-order valence-electron chi connectivity index (χ2n) is 4.14. The van der Waals surface area contributed by atoms with Crippen LogP contribution >= 0.6 is 15.9 Å². The van der Waals surface area contributed by atoms with Crippen molar-refractivity contribution in [3.05, 3.63) is 28.5 Å². The van der Waals surface area contributed by atoms with Crippen molar-refractivity contribution in [1.82, 2.24) is 15.5 Å². The third kappa shape index (κ3) is 2.88. The summed E-state index contributed by atoms with van der Waals surface area (Å²) >= 11 is 3.36. The normalized spacial score (nSPS) is 12.6. The number of hydrogen-bond donors (Lipinski definition) is 2. The molecule has 0 spiro atoms. The van der Waals surface area contributed by atoms with Crippen LogP contribution in [-0.2, 0) is 6.42 Å². The molecule has 1 atom stereocenters. The third-order valence-corrected chi connectivity index (χ3v) is 3.19. The molecular formula is C12H15BrN4O. The van der Waals surface area contributed by atoms with Crippen molar-refractivity contribution in [2.45, 2.75) is 19.4 Å². The summed E-state index contributed by atoms with van der Waals surface area (Å²) in [5, 5.41) is 7.08. The first-order chi connectivity index (χ1) is 8.60. The Kier molecular flexibility index (Phi) is 3.98. The summed E-state index contributed by atoms with van der Waals surface area (Å²) in [7, 11) is 1.90. The number of nitrogens with zero attached hydrogens (tertiary/aromatic N) is 2. The largest absolute Gasteiger partial charge is 0.398 e. The number of nitrogens with one attached hydrogen (secondary N) is 1. The van der Waals surface area contributed by atoms with Crippen LogP contribution in [-0.4, -0.2) is 23.2 Å². The van der Waals surface area contributed by atoms with Crippen molar-refractivity contribution in [1.29, 1.82) is 0 Å². The molecule has 96 valence electrons. The Balaban J connectivity index is 2.24. The summed E-state index contributed by atoms with van der Waals surface area (Å²) in [6.45, 7) is 2.06. The summed E-state index contributed by atoms with van der Waals surface area (Å²) in [6.07, 6.45) is 0.719. The number of aromatic nitrogens is 2. The highest BCUT2D eigenvalue weighted by Gasteiger charge is 2.13. The molecule has 3 N–H and O–H groups in total. The second-order valence-corrected chi connectivity index (χ2v) is 5.06. The van der Waals surface area contributed by atoms with E-state index in [2.05, 4.69) is 38.3 Å². The van der Waals surface area contributed by atoms with Crippen LogP contribution in [0.1, 0.15) is 12.7 Å². The van der Waals surface area contributed by atoms with Gasteiger partial charge in [0.1, 0.15) is 0 Å². The highest BCUT2D eigenvalue weighted by atomic mass is 79.9. The minimum absolute atomic E-state index is 0.303. The zero-order chi connectivity index (χ0) is 13.1. The SMILES string of the molecule is CNC(C)Cc1noc(-c2ccc(Br)cc2N)n1. The molecule has 0 bridgehead atoms. The number of benzene rings is 1. The van der Waals surface area contributed by atoms with E-state index in [1.165, 1.54) is 0 Å². The van der Waals surface area contributed by atoms with Crippen LogP contribution in [0, 0.1) is 0 Å². The van der Waals surface area contributed by atoms with Crippen LogP contribution in [0.15, 0.2) is 27.2 Å². The van der Waals surface area contributed by atoms with Gasteiger partial charge < -0.3 is 15.6 Å². The Hall–Kier alpha value is -1.40. The molecule has 5 nitrogen and oxygen atoms in total. The molecule has 0 aliphatic rings. The summed E-state index contributed by atoms with van der Waals surface area (Å²) < 4.78 is 6.16. The van der Waals surface area contributed by atoms with Crippen molar-refractivity contribution in [3.8, 4) is 11.5 Å². The number of nitrogen functional groups attached to an aromatic ring is 1. The Morgan fingerprint density at radius 2 is 2.28 bits per heavy atom. The first kappa shape index (κ1) is 13.0. The standard InChI is InChI=1S/C12H15BrN4O/c1-7(15-2)5-11-16-12(18-17-11)9-4-3-8(13)6-10(9)14/h3-4,6-7,15H,5,14H2,1-2H3. The number of halogens is 1. The van der Waals surface area contributed by atoms with Gasteiger partial charge in [-0.2, -0.15) is 4.98 Å². The van der Waals surface area contributed by atoms with E-state index in [9.17, 15) is 0 Å². The number of rotatable bonds is 4. The van der Waals surface area contributed by atoms with Gasteiger partial charge in [0.15, 0.2) is 5.82 Å². The minimum atomic E-state index is 0.303. The number of anilines is 1. The maximum absolute atomic E-state index is 5.92. The van der Waals surface area contributed by atoms with E-state index in [1.807, 2.05) is 25.2 Å². The first-order valence-electron chi connectivity index (χ1n) is 5.65. The van der Waals surface area contributed by atoms with Crippen molar-refractivity contribution in [2.75, 3.05) is 12.8 Å². The summed E-state index contributed by atoms with van der Waals surface area (Å²) in [5.41, 5.74) is 7.29. The van der Waals surface area contributed by atoms with E-state index >= 15 is 0 Å². The first-order valence-corrected chi connectivity index (χ1v) is 6.44. The summed E-state index contributed by atoms with van der Waals surface area (Å²) in [5.74, 6) is 1.13. The number of likely N-dealkylation sites (N-methyl/N-ethyl adjacent to an activating group) is 1. The predicted octanol–water partition coefficient (Wildman–Crippen LogP) is 2.23. The zero-order valence-corrected chi connectivity index (χ0v) is 11.9. The second kappa shape index (κ2) is 5.49. The number of hydrogen-bond acceptors (Lipinski definition) is 5. The Labute approximate surface area is 114 Å². The van der Waals surface area contributed by atoms with Gasteiger partial charge in [-0.1, -0.05) is 21.1 Å². The molecule has 0 radical (unpaired) electrons. The van der Waals surface area contributed by atoms with Gasteiger partial charge in [-0.25, -0.2) is 0 Å². The fourth-order valence-corrected chi connectivity index (χ4v) is 1.93. The van der Waals surface area contributed by atoms with Crippen LogP contribution in [0.4, 0.5) is 5.69 Å². The van der Waals surface area contributed by atoms with Gasteiger partial charge in [0.25, 0.3) is 5.89 Å². The monoisotopic (exact) mass is 310 g/mol. The molecule has 1 aromatic carbocycles. The molecule has 6 heteroatoms. The van der Waals surface area contributed by atoms with Crippen molar-refractivity contribution < 1.29 is 4.52 Å². The van der Waals surface area contributed by atoms with Crippen molar-refractivity contribution in [3.63, 3.8) is 0 Å². The lowest BCUT2D eigenvalue weighted by atomic mass is 10.2. The minimum Gasteiger partial charge on any atom is -0.398 e. The average Bonchev–Trinajstić information content (AvgIpc) is 2.77. The van der Waals surface area contributed by atoms with E-state index in [0.29, 0.717) is 23.4 Å². The molecule has 0 aliphatic carbocycles. The molecule has 0 aliphatic heterocycles. The molecule has 1 aromatic heterocycles. The Morgan fingerprint density at radius 3 is 2.94 bits per heavy atom. The number of nitrogens with two attached hydrogens (primary N) is 1. The van der Waals surface area contributed by atoms with Gasteiger partial charge in [-0.05, 0) is 32.2 Å². The van der Waals surface area contributed by atoms with E-state index in [0.717, 1.165) is 16.5 Å². The van der Waals surface area contributed by atoms with Crippen LogP contribution < -0.4 is 11.1 Å². The molecule has 0 saturated carbocycles. The van der Waals surface area contributed by atoms with Gasteiger partial charge in [0.2, 0.25) is 0 Å². The maximum atomic E-state index is 5.92. The third-order valence-electron chi connectivity index (χ3n) is 2.69. The molecule has 0 amide bonds. The fraction of sp³-hybridized carbons (Fsp3) is 0.333. The van der Waals surface area contributed by atoms with Crippen molar-refractivity contribution in [2.24, 2.45) is 0 Å². The molecule has 18 heavy (non-hydrogen) atoms. The molecular weight excluding hydrogens is 296 g/mol. The molecule has 1 unspecified atom stereocenters. The van der Waals surface area contributed by atoms with Gasteiger partial charge in [-0.3, -0.25) is 0 Å². The molecule has 1 heterocycles. The van der Waals surface area contributed by atoms with Crippen LogP contribution in [0.3, 0.4) is 0 Å². The van der Waals surface area contributed by atoms with Crippen LogP contribution in [0.25, 0.3) is 11.5 Å². The highest BCUT2D eigenvalue weighted by Crippen LogP contribution is 2.27. The van der Waals surface area contributed by atoms with Crippen LogP contribution in [0.5, 0.6) is 0 Å². The van der Waals surface area contributed by atoms with E-state index < -0.39 is 0 Å². The van der Waals surface area contributed by atoms with Gasteiger partial charge in [0, 0.05) is 22.6 Å². The maximum Gasteiger partial charge on any atom is 0.260 e. The fourth-order valence-electron chi connectivity index (χ4n) is 1.55. The van der Waals surface area contributed by atoms with Gasteiger partial charge >= 0.3 is 0 Å². The summed E-state index contributed by atoms with van der Waals surface area (Å²) in [4.78, 5) is 4.35. The lowest BCUT2D eigenvalue weighted by molar-refractivity contribution is 0.418. The average molecular weight is 311 g/mol. The topological polar surface area (TPSA) is 77.0 Å². The van der Waals surface area contributed by atoms with Gasteiger partial charge in [0.05, 0.1) is 5.56 Å². The molecule has 0 saturated heterocycles. The van der Waals surface area contributed by atoms with Crippen molar-refractivity contribution >= 4 is 21.6 Å². The smallest absolute Gasteiger partial charge is 0.260 e. The quantitative estimate of drug-likeness (QED) is 0.847. The highest BCUT2D eigenvalue weighted by molar-refractivity contribution is 9.10. The van der Waals surface area contributed by atoms with E-state index in [-0.39, 0.29) is 0 Å². The van der Waals surface area contributed by atoms with Gasteiger partial charge in [-0.15, -0.1) is 0 Å². The molecule has 2 rings (SSSR count).